The number of anilines is 1. The van der Waals surface area contributed by atoms with Crippen LogP contribution < -0.4 is 19.1 Å². The van der Waals surface area contributed by atoms with Crippen LogP contribution in [0, 0.1) is 6.92 Å². The summed E-state index contributed by atoms with van der Waals surface area (Å²) in [7, 11) is 1.53. The van der Waals surface area contributed by atoms with Gasteiger partial charge in [-0.1, -0.05) is 109 Å². The molecule has 2 heterocycles. The number of amides is 1. The Morgan fingerprint density at radius 1 is 0.942 bits per heavy atom. The number of halogens is 1. The van der Waals surface area contributed by atoms with Gasteiger partial charge in [0.2, 0.25) is 5.13 Å². The average Bonchev–Trinajstić information content (AvgIpc) is 3.73. The van der Waals surface area contributed by atoms with E-state index in [0.717, 1.165) is 36.0 Å². The van der Waals surface area contributed by atoms with Crippen LogP contribution in [0.1, 0.15) is 60.0 Å². The van der Waals surface area contributed by atoms with Crippen molar-refractivity contribution in [3.63, 3.8) is 0 Å². The number of unbranched alkanes of at least 4 members (excludes halogenated alkanes) is 2. The first-order valence-electron chi connectivity index (χ1n) is 16.9. The molecular weight excluding hydrogens is 718 g/mol. The maximum atomic E-state index is 13.9. The summed E-state index contributed by atoms with van der Waals surface area (Å²) >= 11 is 8.96. The molecule has 52 heavy (non-hydrogen) atoms. The van der Waals surface area contributed by atoms with E-state index in [1.54, 1.807) is 42.5 Å². The first-order valence-corrected chi connectivity index (χ1v) is 19.1. The van der Waals surface area contributed by atoms with Crippen molar-refractivity contribution in [1.29, 1.82) is 0 Å². The van der Waals surface area contributed by atoms with Gasteiger partial charge in [0, 0.05) is 16.3 Å². The fourth-order valence-corrected chi connectivity index (χ4v) is 7.95. The van der Waals surface area contributed by atoms with E-state index >= 15 is 0 Å². The molecule has 0 spiro atoms. The third kappa shape index (κ3) is 8.44. The van der Waals surface area contributed by atoms with Gasteiger partial charge in [0.25, 0.3) is 5.78 Å². The molecule has 1 aliphatic rings. The minimum absolute atomic E-state index is 0.0856. The number of nitrogens with zero attached hydrogens (tertiary/aromatic N) is 3. The lowest BCUT2D eigenvalue weighted by Crippen LogP contribution is -2.29. The molecule has 0 saturated carbocycles. The number of thioether (sulfide) groups is 1. The van der Waals surface area contributed by atoms with E-state index in [4.69, 9.17) is 25.8 Å². The van der Waals surface area contributed by atoms with Crippen LogP contribution in [-0.4, -0.2) is 40.7 Å². The van der Waals surface area contributed by atoms with E-state index in [9.17, 15) is 14.7 Å². The molecule has 1 N–H and O–H groups in total. The minimum Gasteiger partial charge on any atom is -0.507 e. The number of ether oxygens (including phenoxy) is 3. The Hall–Kier alpha value is -4.84. The van der Waals surface area contributed by atoms with Crippen molar-refractivity contribution in [1.82, 2.24) is 10.2 Å². The van der Waals surface area contributed by atoms with Crippen molar-refractivity contribution in [2.24, 2.45) is 0 Å². The number of aryl methyl sites for hydroxylation is 1. The summed E-state index contributed by atoms with van der Waals surface area (Å²) < 4.78 is 18.3. The highest BCUT2D eigenvalue weighted by atomic mass is 35.5. The minimum atomic E-state index is -1.03. The molecule has 1 unspecified atom stereocenters. The van der Waals surface area contributed by atoms with Gasteiger partial charge in [-0.25, -0.2) is 0 Å². The van der Waals surface area contributed by atoms with E-state index in [1.807, 2.05) is 49.4 Å². The van der Waals surface area contributed by atoms with E-state index in [-0.39, 0.29) is 16.5 Å². The zero-order chi connectivity index (χ0) is 36.6. The molecule has 4 aromatic carbocycles. The molecule has 1 fully saturated rings. The molecule has 6 rings (SSSR count). The molecule has 9 nitrogen and oxygen atoms in total. The summed E-state index contributed by atoms with van der Waals surface area (Å²) in [6, 6.07) is 26.6. The normalized spacial score (nSPS) is 15.2. The molecule has 12 heteroatoms. The SMILES string of the molecule is CCCCCOc1ccc(C2/C(=C(\O)c3ccc(OCc4cccc(C)c4)cc3)C(=O)C(=O)N2c2nnc(SCc3ccccc3Cl)s2)cc1OC. The van der Waals surface area contributed by atoms with Crippen LogP contribution in [0.3, 0.4) is 0 Å². The fraction of sp³-hybridized carbons (Fsp3) is 0.250. The molecule has 268 valence electrons. The van der Waals surface area contributed by atoms with Gasteiger partial charge < -0.3 is 19.3 Å². The largest absolute Gasteiger partial charge is 0.507 e. The maximum Gasteiger partial charge on any atom is 0.301 e. The molecule has 1 amide bonds. The van der Waals surface area contributed by atoms with Crippen molar-refractivity contribution < 1.29 is 28.9 Å². The Labute approximate surface area is 316 Å². The number of carbonyl (C=O) groups excluding carboxylic acids is 2. The fourth-order valence-electron chi connectivity index (χ4n) is 5.80. The molecule has 0 bridgehead atoms. The van der Waals surface area contributed by atoms with E-state index in [0.29, 0.717) is 56.7 Å². The smallest absolute Gasteiger partial charge is 0.301 e. The van der Waals surface area contributed by atoms with Gasteiger partial charge in [-0.05, 0) is 72.5 Å². The summed E-state index contributed by atoms with van der Waals surface area (Å²) in [4.78, 5) is 29.0. The number of carbonyl (C=O) groups is 2. The Kier molecular flexibility index (Phi) is 12.2. The summed E-state index contributed by atoms with van der Waals surface area (Å²) in [5.74, 6) is 0.0948. The molecule has 1 aromatic heterocycles. The Morgan fingerprint density at radius 3 is 2.50 bits per heavy atom. The predicted octanol–water partition coefficient (Wildman–Crippen LogP) is 9.58. The molecule has 1 saturated heterocycles. The number of Topliss-reactive ketones (excluding diaryl/α,β-unsaturated/α-hetero) is 1. The summed E-state index contributed by atoms with van der Waals surface area (Å²) in [6.45, 7) is 5.04. The summed E-state index contributed by atoms with van der Waals surface area (Å²) in [5.41, 5.74) is 3.89. The number of hydrogen-bond donors (Lipinski definition) is 1. The molecule has 0 radical (unpaired) electrons. The number of benzene rings is 4. The highest BCUT2D eigenvalue weighted by Crippen LogP contribution is 2.46. The van der Waals surface area contributed by atoms with Crippen LogP contribution in [0.2, 0.25) is 5.02 Å². The van der Waals surface area contributed by atoms with Gasteiger partial charge in [0.05, 0.1) is 25.3 Å². The number of ketones is 1. The Morgan fingerprint density at radius 2 is 1.75 bits per heavy atom. The topological polar surface area (TPSA) is 111 Å². The third-order valence-corrected chi connectivity index (χ3v) is 11.0. The number of aliphatic hydroxyl groups excluding tert-OH is 1. The lowest BCUT2D eigenvalue weighted by atomic mass is 9.95. The van der Waals surface area contributed by atoms with Crippen LogP contribution in [0.4, 0.5) is 5.13 Å². The number of aromatic nitrogens is 2. The second kappa shape index (κ2) is 17.1. The highest BCUT2D eigenvalue weighted by Gasteiger charge is 2.48. The predicted molar refractivity (Wildman–Crippen MR) is 206 cm³/mol. The van der Waals surface area contributed by atoms with Gasteiger partial charge in [0.15, 0.2) is 15.8 Å². The van der Waals surface area contributed by atoms with Crippen LogP contribution in [0.15, 0.2) is 101 Å². The summed E-state index contributed by atoms with van der Waals surface area (Å²) in [5, 5.41) is 21.3. The highest BCUT2D eigenvalue weighted by molar-refractivity contribution is 8.00. The number of methoxy groups -OCH3 is 1. The maximum absolute atomic E-state index is 13.9. The van der Waals surface area contributed by atoms with Gasteiger partial charge in [-0.2, -0.15) is 0 Å². The van der Waals surface area contributed by atoms with E-state index in [2.05, 4.69) is 23.2 Å². The van der Waals surface area contributed by atoms with Crippen molar-refractivity contribution in [2.45, 2.75) is 55.9 Å². The monoisotopic (exact) mass is 755 g/mol. The molecular formula is C40H38ClN3O6S2. The Bertz CT molecular complexity index is 2080. The van der Waals surface area contributed by atoms with Crippen LogP contribution in [0.5, 0.6) is 17.2 Å². The lowest BCUT2D eigenvalue weighted by Gasteiger charge is -2.23. The average molecular weight is 756 g/mol. The first-order chi connectivity index (χ1) is 25.3. The standard InChI is InChI=1S/C40H38ClN3O6S2/c1-4-5-8-20-49-32-19-16-28(22-33(32)48-3)35-34(36(45)27-14-17-30(18-15-27)50-23-26-11-9-10-25(2)21-26)37(46)38(47)44(35)39-42-43-40(52-39)51-24-29-12-6-7-13-31(29)41/h6-7,9-19,21-22,35,45H,4-5,8,20,23-24H2,1-3H3/b36-34+. The molecule has 1 aliphatic heterocycles. The number of rotatable bonds is 15. The quantitative estimate of drug-likeness (QED) is 0.0279. The van der Waals surface area contributed by atoms with Gasteiger partial charge in [-0.3, -0.25) is 14.5 Å². The first kappa shape index (κ1) is 36.9. The number of aliphatic hydroxyl groups is 1. The van der Waals surface area contributed by atoms with E-state index in [1.165, 1.54) is 35.1 Å². The van der Waals surface area contributed by atoms with Crippen molar-refractivity contribution in [3.8, 4) is 17.2 Å². The second-order valence-corrected chi connectivity index (χ2v) is 14.8. The Balaban J connectivity index is 1.33. The zero-order valence-corrected chi connectivity index (χ0v) is 31.4. The third-order valence-electron chi connectivity index (χ3n) is 8.48. The van der Waals surface area contributed by atoms with Crippen LogP contribution >= 0.6 is 34.7 Å². The van der Waals surface area contributed by atoms with Crippen LogP contribution in [0.25, 0.3) is 5.76 Å². The van der Waals surface area contributed by atoms with Gasteiger partial charge in [-0.15, -0.1) is 10.2 Å². The molecule has 0 aliphatic carbocycles. The number of hydrogen-bond acceptors (Lipinski definition) is 10. The summed E-state index contributed by atoms with van der Waals surface area (Å²) in [6.07, 6.45) is 2.99. The lowest BCUT2D eigenvalue weighted by molar-refractivity contribution is -0.132. The van der Waals surface area contributed by atoms with Gasteiger partial charge >= 0.3 is 5.91 Å². The molecule has 5 aromatic rings. The van der Waals surface area contributed by atoms with Crippen molar-refractivity contribution in [3.05, 3.63) is 129 Å². The van der Waals surface area contributed by atoms with Crippen molar-refractivity contribution in [2.75, 3.05) is 18.6 Å². The van der Waals surface area contributed by atoms with Crippen LogP contribution in [-0.2, 0) is 21.9 Å². The molecule has 1 atom stereocenters. The van der Waals surface area contributed by atoms with Crippen molar-refractivity contribution >= 4 is 57.3 Å². The van der Waals surface area contributed by atoms with Gasteiger partial charge in [0.1, 0.15) is 18.1 Å². The second-order valence-electron chi connectivity index (χ2n) is 12.2. The zero-order valence-electron chi connectivity index (χ0n) is 29.0. The van der Waals surface area contributed by atoms with E-state index < -0.39 is 17.7 Å².